The maximum Gasteiger partial charge on any atom is 0.328 e. The lowest BCUT2D eigenvalue weighted by Gasteiger charge is -2.19. The molecular formula is C14H25ClN4O5S. The summed E-state index contributed by atoms with van der Waals surface area (Å²) < 4.78 is 28.7. The topological polar surface area (TPSA) is 133 Å². The van der Waals surface area contributed by atoms with E-state index < -0.39 is 33.8 Å². The molecule has 0 saturated heterocycles. The zero-order valence-corrected chi connectivity index (χ0v) is 16.3. The van der Waals surface area contributed by atoms with Crippen molar-refractivity contribution < 1.29 is 22.7 Å². The number of nitrogens with two attached hydrogens (primary N) is 1. The van der Waals surface area contributed by atoms with Gasteiger partial charge in [-0.05, 0) is 18.9 Å². The Bertz CT molecular complexity index is 704. The van der Waals surface area contributed by atoms with Crippen molar-refractivity contribution in [3.05, 3.63) is 17.5 Å². The molecule has 0 aliphatic rings. The van der Waals surface area contributed by atoms with Crippen LogP contribution in [0.25, 0.3) is 0 Å². The van der Waals surface area contributed by atoms with Crippen molar-refractivity contribution in [3.63, 3.8) is 0 Å². The molecule has 3 N–H and O–H groups in total. The number of esters is 1. The highest BCUT2D eigenvalue weighted by Gasteiger charge is 2.26. The molecule has 9 nitrogen and oxygen atoms in total. The summed E-state index contributed by atoms with van der Waals surface area (Å²) in [4.78, 5) is 24.0. The van der Waals surface area contributed by atoms with E-state index in [1.54, 1.807) is 17.9 Å². The van der Waals surface area contributed by atoms with Crippen molar-refractivity contribution >= 4 is 34.1 Å². The van der Waals surface area contributed by atoms with Gasteiger partial charge in [0.1, 0.15) is 15.9 Å². The summed E-state index contributed by atoms with van der Waals surface area (Å²) in [7, 11) is -0.223. The molecule has 0 aliphatic carbocycles. The largest absolute Gasteiger partial charge is 0.467 e. The zero-order chi connectivity index (χ0) is 18.5. The Kier molecular flexibility index (Phi) is 9.09. The quantitative estimate of drug-likeness (QED) is 0.544. The van der Waals surface area contributed by atoms with Crippen LogP contribution in [0.1, 0.15) is 17.7 Å². The third-order valence-electron chi connectivity index (χ3n) is 3.70. The van der Waals surface area contributed by atoms with E-state index in [0.717, 1.165) is 17.5 Å². The van der Waals surface area contributed by atoms with E-state index in [9.17, 15) is 18.0 Å². The van der Waals surface area contributed by atoms with Gasteiger partial charge in [-0.3, -0.25) is 9.48 Å². The molecule has 0 spiro atoms. The van der Waals surface area contributed by atoms with Crippen LogP contribution >= 0.6 is 12.4 Å². The summed E-state index contributed by atoms with van der Waals surface area (Å²) in [6.45, 7) is 1.84. The van der Waals surface area contributed by atoms with E-state index in [-0.39, 0.29) is 31.0 Å². The molecule has 0 bridgehead atoms. The SMILES string of the molecule is COC(=O)C(Cc1cnn(C)c1C)NC(=O)[C@H](N)CCS(C)(=O)=O.Cl. The lowest BCUT2D eigenvalue weighted by molar-refractivity contribution is -0.145. The fourth-order valence-corrected chi connectivity index (χ4v) is 2.73. The highest BCUT2D eigenvalue weighted by molar-refractivity contribution is 7.90. The average Bonchev–Trinajstić information content (AvgIpc) is 2.82. The number of methoxy groups -OCH3 is 1. The molecule has 2 atom stereocenters. The van der Waals surface area contributed by atoms with Gasteiger partial charge in [-0.1, -0.05) is 0 Å². The van der Waals surface area contributed by atoms with Crippen molar-refractivity contribution in [3.8, 4) is 0 Å². The second-order valence-corrected chi connectivity index (χ2v) is 7.95. The lowest BCUT2D eigenvalue weighted by Crippen LogP contribution is -2.50. The molecule has 1 amide bonds. The molecule has 11 heteroatoms. The fourth-order valence-electron chi connectivity index (χ4n) is 2.05. The molecule has 144 valence electrons. The molecule has 25 heavy (non-hydrogen) atoms. The third-order valence-corrected chi connectivity index (χ3v) is 4.68. The first-order valence-electron chi connectivity index (χ1n) is 7.34. The first-order valence-corrected chi connectivity index (χ1v) is 9.40. The molecule has 0 radical (unpaired) electrons. The standard InChI is InChI=1S/C14H24N4O5S.ClH/c1-9-10(8-16-18(9)2)7-12(14(20)23-3)17-13(19)11(15)5-6-24(4,21)22;/h8,11-12H,5-7,15H2,1-4H3,(H,17,19);1H/t11-,12?;/m1./s1. The number of aryl methyl sites for hydroxylation is 1. The first-order chi connectivity index (χ1) is 11.0. The number of sulfone groups is 1. The molecule has 0 aromatic carbocycles. The van der Waals surface area contributed by atoms with Gasteiger partial charge in [0.15, 0.2) is 0 Å². The van der Waals surface area contributed by atoms with Gasteiger partial charge >= 0.3 is 5.97 Å². The van der Waals surface area contributed by atoms with Crippen molar-refractivity contribution in [1.82, 2.24) is 15.1 Å². The normalized spacial score (nSPS) is 13.5. The number of carbonyl (C=O) groups is 2. The number of hydrogen-bond donors (Lipinski definition) is 2. The number of aromatic nitrogens is 2. The zero-order valence-electron chi connectivity index (χ0n) is 14.7. The van der Waals surface area contributed by atoms with Gasteiger partial charge in [0.2, 0.25) is 5.91 Å². The Hall–Kier alpha value is -1.65. The molecule has 1 heterocycles. The van der Waals surface area contributed by atoms with Gasteiger partial charge in [0, 0.05) is 25.4 Å². The minimum atomic E-state index is -3.22. The van der Waals surface area contributed by atoms with Crippen LogP contribution in [0.3, 0.4) is 0 Å². The smallest absolute Gasteiger partial charge is 0.328 e. The highest BCUT2D eigenvalue weighted by Crippen LogP contribution is 2.10. The van der Waals surface area contributed by atoms with Gasteiger partial charge in [-0.25, -0.2) is 13.2 Å². The summed E-state index contributed by atoms with van der Waals surface area (Å²) in [5.74, 6) is -1.41. The first kappa shape index (κ1) is 23.4. The maximum atomic E-state index is 12.1. The molecule has 0 saturated carbocycles. The minimum Gasteiger partial charge on any atom is -0.467 e. The van der Waals surface area contributed by atoms with Crippen LogP contribution in [0.4, 0.5) is 0 Å². The number of hydrogen-bond acceptors (Lipinski definition) is 7. The van der Waals surface area contributed by atoms with Crippen LogP contribution in [0.15, 0.2) is 6.20 Å². The number of halogens is 1. The number of carbonyl (C=O) groups excluding carboxylic acids is 2. The number of rotatable bonds is 8. The van der Waals surface area contributed by atoms with Crippen molar-refractivity contribution in [2.45, 2.75) is 31.8 Å². The Morgan fingerprint density at radius 3 is 2.48 bits per heavy atom. The van der Waals surface area contributed by atoms with Crippen LogP contribution in [0, 0.1) is 6.92 Å². The maximum absolute atomic E-state index is 12.1. The summed E-state index contributed by atoms with van der Waals surface area (Å²) in [5.41, 5.74) is 7.35. The number of nitrogens with zero attached hydrogens (tertiary/aromatic N) is 2. The third kappa shape index (κ3) is 7.41. The molecule has 1 aromatic rings. The Balaban J connectivity index is 0.00000576. The lowest BCUT2D eigenvalue weighted by atomic mass is 10.1. The fraction of sp³-hybridized carbons (Fsp3) is 0.643. The van der Waals surface area contributed by atoms with Crippen LogP contribution in [0.5, 0.6) is 0 Å². The number of nitrogens with one attached hydrogen (secondary N) is 1. The van der Waals surface area contributed by atoms with Crippen LogP contribution in [-0.2, 0) is 37.6 Å². The summed E-state index contributed by atoms with van der Waals surface area (Å²) >= 11 is 0. The van der Waals surface area contributed by atoms with Crippen LogP contribution in [-0.4, -0.2) is 61.3 Å². The number of amides is 1. The second-order valence-electron chi connectivity index (χ2n) is 5.69. The van der Waals surface area contributed by atoms with Crippen LogP contribution < -0.4 is 11.1 Å². The van der Waals surface area contributed by atoms with E-state index in [0.29, 0.717) is 0 Å². The minimum absolute atomic E-state index is 0. The molecule has 1 rings (SSSR count). The average molecular weight is 397 g/mol. The Morgan fingerprint density at radius 1 is 1.44 bits per heavy atom. The predicted molar refractivity (Wildman–Crippen MR) is 95.1 cm³/mol. The van der Waals surface area contributed by atoms with E-state index in [4.69, 9.17) is 10.5 Å². The van der Waals surface area contributed by atoms with E-state index in [1.807, 2.05) is 6.92 Å². The highest BCUT2D eigenvalue weighted by atomic mass is 35.5. The van der Waals surface area contributed by atoms with Gasteiger partial charge in [0.25, 0.3) is 0 Å². The van der Waals surface area contributed by atoms with Gasteiger partial charge in [-0.15, -0.1) is 12.4 Å². The predicted octanol–water partition coefficient (Wildman–Crippen LogP) is -0.887. The van der Waals surface area contributed by atoms with Gasteiger partial charge in [0.05, 0.1) is 25.1 Å². The van der Waals surface area contributed by atoms with E-state index in [1.165, 1.54) is 7.11 Å². The summed E-state index contributed by atoms with van der Waals surface area (Å²) in [6, 6.07) is -1.95. The van der Waals surface area contributed by atoms with Gasteiger partial charge in [-0.2, -0.15) is 5.10 Å². The molecule has 0 fully saturated rings. The second kappa shape index (κ2) is 9.73. The molecule has 1 unspecified atom stereocenters. The van der Waals surface area contributed by atoms with E-state index in [2.05, 4.69) is 10.4 Å². The Morgan fingerprint density at radius 2 is 2.04 bits per heavy atom. The van der Waals surface area contributed by atoms with Crippen molar-refractivity contribution in [2.75, 3.05) is 19.1 Å². The Labute approximate surface area is 153 Å². The summed E-state index contributed by atoms with van der Waals surface area (Å²) in [5, 5.41) is 6.60. The van der Waals surface area contributed by atoms with Crippen molar-refractivity contribution in [1.29, 1.82) is 0 Å². The number of ether oxygens (including phenoxy) is 1. The molecule has 1 aromatic heterocycles. The monoisotopic (exact) mass is 396 g/mol. The molecule has 0 aliphatic heterocycles. The van der Waals surface area contributed by atoms with Gasteiger partial charge < -0.3 is 15.8 Å². The van der Waals surface area contributed by atoms with E-state index >= 15 is 0 Å². The molecular weight excluding hydrogens is 372 g/mol. The van der Waals surface area contributed by atoms with Crippen LogP contribution in [0.2, 0.25) is 0 Å². The summed E-state index contributed by atoms with van der Waals surface area (Å²) in [6.07, 6.45) is 2.86. The van der Waals surface area contributed by atoms with Crippen molar-refractivity contribution in [2.24, 2.45) is 12.8 Å².